The van der Waals surface area contributed by atoms with E-state index in [0.29, 0.717) is 5.92 Å². The number of hydrogen-bond acceptors (Lipinski definition) is 3. The molecule has 1 N–H and O–H groups in total. The highest BCUT2D eigenvalue weighted by molar-refractivity contribution is 5.19. The van der Waals surface area contributed by atoms with Gasteiger partial charge in [0.15, 0.2) is 0 Å². The molecule has 0 saturated carbocycles. The second kappa shape index (κ2) is 7.21. The minimum Gasteiger partial charge on any atom is -0.387 e. The maximum Gasteiger partial charge on any atom is 0.0947 e. The van der Waals surface area contributed by atoms with Gasteiger partial charge in [0.25, 0.3) is 0 Å². The third-order valence-corrected chi connectivity index (χ3v) is 4.05. The van der Waals surface area contributed by atoms with Crippen LogP contribution in [-0.2, 0) is 4.74 Å². The van der Waals surface area contributed by atoms with Crippen molar-refractivity contribution >= 4 is 0 Å². The highest BCUT2D eigenvalue weighted by Gasteiger charge is 2.31. The lowest BCUT2D eigenvalue weighted by Crippen LogP contribution is -2.45. The van der Waals surface area contributed by atoms with Crippen LogP contribution in [0.1, 0.15) is 38.9 Å². The molecular weight excluding hydrogens is 250 g/mol. The maximum absolute atomic E-state index is 10.8. The molecule has 3 heteroatoms. The molecule has 1 aliphatic heterocycles. The van der Waals surface area contributed by atoms with E-state index in [1.807, 2.05) is 30.3 Å². The lowest BCUT2D eigenvalue weighted by atomic mass is 9.91. The van der Waals surface area contributed by atoms with Crippen LogP contribution in [0, 0.1) is 5.92 Å². The Bertz CT molecular complexity index is 393. The van der Waals surface area contributed by atoms with Gasteiger partial charge in [-0.25, -0.2) is 0 Å². The molecule has 0 amide bonds. The number of benzene rings is 1. The number of hydrogen-bond donors (Lipinski definition) is 1. The van der Waals surface area contributed by atoms with E-state index in [2.05, 4.69) is 25.7 Å². The zero-order chi connectivity index (χ0) is 14.5. The summed E-state index contributed by atoms with van der Waals surface area (Å²) in [6.07, 6.45) is 0.831. The molecule has 1 aromatic rings. The molecule has 0 bridgehead atoms. The molecule has 1 saturated heterocycles. The van der Waals surface area contributed by atoms with E-state index >= 15 is 0 Å². The molecule has 0 aromatic heterocycles. The smallest absolute Gasteiger partial charge is 0.0947 e. The third-order valence-electron chi connectivity index (χ3n) is 4.05. The van der Waals surface area contributed by atoms with Gasteiger partial charge in [0.2, 0.25) is 0 Å². The molecule has 2 rings (SSSR count). The summed E-state index contributed by atoms with van der Waals surface area (Å²) in [6.45, 7) is 9.21. The van der Waals surface area contributed by atoms with Gasteiger partial charge in [-0.2, -0.15) is 0 Å². The standard InChI is InChI=1S/C17H27NO2/c1-13(2)16(17(19)15-8-5-4-6-9-15)18-10-7-11-20-14(3)12-18/h4-6,8-9,13-14,16-17,19H,7,10-12H2,1-3H3. The third kappa shape index (κ3) is 3.81. The van der Waals surface area contributed by atoms with Crippen molar-refractivity contribution in [2.45, 2.75) is 45.4 Å². The predicted molar refractivity (Wildman–Crippen MR) is 81.6 cm³/mol. The van der Waals surface area contributed by atoms with Gasteiger partial charge in [0.1, 0.15) is 0 Å². The zero-order valence-corrected chi connectivity index (χ0v) is 12.8. The Morgan fingerprint density at radius 2 is 1.95 bits per heavy atom. The first-order valence-electron chi connectivity index (χ1n) is 7.68. The van der Waals surface area contributed by atoms with E-state index in [1.165, 1.54) is 0 Å². The van der Waals surface area contributed by atoms with E-state index < -0.39 is 6.10 Å². The topological polar surface area (TPSA) is 32.7 Å². The summed E-state index contributed by atoms with van der Waals surface area (Å²) >= 11 is 0. The van der Waals surface area contributed by atoms with Crippen LogP contribution in [0.3, 0.4) is 0 Å². The Kier molecular flexibility index (Phi) is 5.58. The summed E-state index contributed by atoms with van der Waals surface area (Å²) in [6, 6.07) is 10.1. The molecule has 3 nitrogen and oxygen atoms in total. The normalized spacial score (nSPS) is 24.4. The number of aliphatic hydroxyl groups excluding tert-OH is 1. The maximum atomic E-state index is 10.8. The summed E-state index contributed by atoms with van der Waals surface area (Å²) < 4.78 is 5.73. The second-order valence-electron chi connectivity index (χ2n) is 6.12. The number of ether oxygens (including phenoxy) is 1. The van der Waals surface area contributed by atoms with Crippen molar-refractivity contribution in [1.29, 1.82) is 0 Å². The van der Waals surface area contributed by atoms with Crippen LogP contribution in [0.4, 0.5) is 0 Å². The van der Waals surface area contributed by atoms with Crippen molar-refractivity contribution in [3.8, 4) is 0 Å². The van der Waals surface area contributed by atoms with Crippen LogP contribution in [0.15, 0.2) is 30.3 Å². The molecule has 1 aliphatic rings. The molecular formula is C17H27NO2. The first kappa shape index (κ1) is 15.5. The molecule has 3 unspecified atom stereocenters. The van der Waals surface area contributed by atoms with Crippen LogP contribution in [0.25, 0.3) is 0 Å². The van der Waals surface area contributed by atoms with Gasteiger partial charge in [0.05, 0.1) is 12.2 Å². The Labute approximate surface area is 122 Å². The molecule has 0 spiro atoms. The summed E-state index contributed by atoms with van der Waals surface area (Å²) in [5.74, 6) is 0.399. The van der Waals surface area contributed by atoms with Gasteiger partial charge < -0.3 is 9.84 Å². The van der Waals surface area contributed by atoms with E-state index in [4.69, 9.17) is 4.74 Å². The predicted octanol–water partition coefficient (Wildman–Crippen LogP) is 2.86. The van der Waals surface area contributed by atoms with Crippen molar-refractivity contribution in [3.63, 3.8) is 0 Å². The number of aliphatic hydroxyl groups is 1. The van der Waals surface area contributed by atoms with Crippen LogP contribution in [-0.4, -0.2) is 41.8 Å². The van der Waals surface area contributed by atoms with Crippen molar-refractivity contribution in [2.75, 3.05) is 19.7 Å². The largest absolute Gasteiger partial charge is 0.387 e. The summed E-state index contributed by atoms with van der Waals surface area (Å²) in [4.78, 5) is 2.40. The minimum absolute atomic E-state index is 0.140. The fourth-order valence-corrected chi connectivity index (χ4v) is 3.13. The molecule has 1 heterocycles. The van der Waals surface area contributed by atoms with Gasteiger partial charge >= 0.3 is 0 Å². The van der Waals surface area contributed by atoms with Gasteiger partial charge in [0, 0.05) is 25.7 Å². The average molecular weight is 277 g/mol. The summed E-state index contributed by atoms with van der Waals surface area (Å²) in [7, 11) is 0. The van der Waals surface area contributed by atoms with Crippen LogP contribution in [0.2, 0.25) is 0 Å². The molecule has 0 aliphatic carbocycles. The van der Waals surface area contributed by atoms with Gasteiger partial charge in [-0.05, 0) is 24.8 Å². The van der Waals surface area contributed by atoms with E-state index in [9.17, 15) is 5.11 Å². The Morgan fingerprint density at radius 1 is 1.25 bits per heavy atom. The minimum atomic E-state index is -0.443. The summed E-state index contributed by atoms with van der Waals surface area (Å²) in [5, 5.41) is 10.8. The fraction of sp³-hybridized carbons (Fsp3) is 0.647. The number of rotatable bonds is 4. The number of nitrogens with zero attached hydrogens (tertiary/aromatic N) is 1. The van der Waals surface area contributed by atoms with Crippen molar-refractivity contribution in [3.05, 3.63) is 35.9 Å². The monoisotopic (exact) mass is 277 g/mol. The molecule has 1 aromatic carbocycles. The Hall–Kier alpha value is -0.900. The Morgan fingerprint density at radius 3 is 2.60 bits per heavy atom. The van der Waals surface area contributed by atoms with Gasteiger partial charge in [-0.1, -0.05) is 44.2 Å². The Balaban J connectivity index is 2.17. The lowest BCUT2D eigenvalue weighted by Gasteiger charge is -2.37. The van der Waals surface area contributed by atoms with Gasteiger partial charge in [-0.3, -0.25) is 4.90 Å². The first-order valence-corrected chi connectivity index (χ1v) is 7.68. The van der Waals surface area contributed by atoms with Crippen molar-refractivity contribution in [1.82, 2.24) is 4.90 Å². The summed E-state index contributed by atoms with van der Waals surface area (Å²) in [5.41, 5.74) is 1.00. The highest BCUT2D eigenvalue weighted by Crippen LogP contribution is 2.27. The van der Waals surface area contributed by atoms with Crippen molar-refractivity contribution in [2.24, 2.45) is 5.92 Å². The van der Waals surface area contributed by atoms with E-state index in [0.717, 1.165) is 31.7 Å². The second-order valence-corrected chi connectivity index (χ2v) is 6.12. The molecule has 3 atom stereocenters. The molecule has 0 radical (unpaired) electrons. The fourth-order valence-electron chi connectivity index (χ4n) is 3.13. The molecule has 112 valence electrons. The van der Waals surface area contributed by atoms with Crippen LogP contribution >= 0.6 is 0 Å². The van der Waals surface area contributed by atoms with Gasteiger partial charge in [-0.15, -0.1) is 0 Å². The van der Waals surface area contributed by atoms with E-state index in [-0.39, 0.29) is 12.1 Å². The lowest BCUT2D eigenvalue weighted by molar-refractivity contribution is 0.00529. The SMILES string of the molecule is CC1CN(C(C(C)C)C(O)c2ccccc2)CCCO1. The average Bonchev–Trinajstić information content (AvgIpc) is 2.64. The highest BCUT2D eigenvalue weighted by atomic mass is 16.5. The van der Waals surface area contributed by atoms with Crippen LogP contribution in [0.5, 0.6) is 0 Å². The van der Waals surface area contributed by atoms with E-state index in [1.54, 1.807) is 0 Å². The molecule has 20 heavy (non-hydrogen) atoms. The van der Waals surface area contributed by atoms with Crippen LogP contribution < -0.4 is 0 Å². The van der Waals surface area contributed by atoms with Crippen molar-refractivity contribution < 1.29 is 9.84 Å². The molecule has 1 fully saturated rings. The quantitative estimate of drug-likeness (QED) is 0.918. The first-order chi connectivity index (χ1) is 9.59. The zero-order valence-electron chi connectivity index (χ0n) is 12.8.